The van der Waals surface area contributed by atoms with E-state index in [2.05, 4.69) is 33.3 Å². The molecule has 1 aromatic carbocycles. The van der Waals surface area contributed by atoms with Gasteiger partial charge in [0.05, 0.1) is 42.6 Å². The van der Waals surface area contributed by atoms with Gasteiger partial charge in [0.2, 0.25) is 23.6 Å². The van der Waals surface area contributed by atoms with E-state index in [1.54, 1.807) is 38.7 Å². The fourth-order valence-electron chi connectivity index (χ4n) is 12.3. The van der Waals surface area contributed by atoms with Crippen LogP contribution in [0.4, 0.5) is 0 Å². The Morgan fingerprint density at radius 3 is 1.15 bits per heavy atom. The zero-order chi connectivity index (χ0) is 77.4. The van der Waals surface area contributed by atoms with Crippen molar-refractivity contribution in [2.75, 3.05) is 118 Å². The molecule has 0 radical (unpaired) electrons. The maximum absolute atomic E-state index is 14.1. The van der Waals surface area contributed by atoms with Gasteiger partial charge in [-0.3, -0.25) is 77.6 Å². The Labute approximate surface area is 681 Å². The molecule has 0 saturated carbocycles. The molecule has 600 valence electrons. The molecular formula is C70H115Gd2N13O20-4. The van der Waals surface area contributed by atoms with Gasteiger partial charge in [-0.1, -0.05) is 71.9 Å². The summed E-state index contributed by atoms with van der Waals surface area (Å²) in [5.74, 6) is -11.3. The minimum Gasteiger partial charge on any atom is -0.548 e. The van der Waals surface area contributed by atoms with Gasteiger partial charge in [0.15, 0.2) is 0 Å². The maximum atomic E-state index is 14.1. The smallest absolute Gasteiger partial charge is 0.320 e. The summed E-state index contributed by atoms with van der Waals surface area (Å²) in [6, 6.07) is -3.34. The van der Waals surface area contributed by atoms with Crippen molar-refractivity contribution in [3.8, 4) is 0 Å². The summed E-state index contributed by atoms with van der Waals surface area (Å²) >= 11 is 0. The number of aliphatic carboxylic acids is 7. The topological polar surface area (TPSA) is 456 Å². The van der Waals surface area contributed by atoms with Crippen molar-refractivity contribution in [3.63, 3.8) is 0 Å². The number of nitrogens with zero attached hydrogens (tertiary/aromatic N) is 8. The van der Waals surface area contributed by atoms with Gasteiger partial charge in [0.1, 0.15) is 29.9 Å². The quantitative estimate of drug-likeness (QED) is 0.0171. The maximum Gasteiger partial charge on any atom is 0.320 e. The van der Waals surface area contributed by atoms with Crippen molar-refractivity contribution in [2.24, 2.45) is 17.8 Å². The number of carbonyl (C=O) groups is 11. The van der Waals surface area contributed by atoms with Crippen molar-refractivity contribution < 1.29 is 178 Å². The van der Waals surface area contributed by atoms with Crippen LogP contribution in [0.25, 0.3) is 0 Å². The predicted octanol–water partition coefficient (Wildman–Crippen LogP) is -4.07. The summed E-state index contributed by atoms with van der Waals surface area (Å²) in [5, 5.41) is 103. The molecule has 1 aromatic rings. The molecule has 0 aliphatic carbocycles. The summed E-state index contributed by atoms with van der Waals surface area (Å²) in [6.45, 7) is 22.8. The molecule has 2 heterocycles. The van der Waals surface area contributed by atoms with E-state index in [4.69, 9.17) is 4.84 Å². The van der Waals surface area contributed by atoms with Crippen molar-refractivity contribution >= 4 is 65.4 Å². The zero-order valence-corrected chi connectivity index (χ0v) is 67.3. The average molecular weight is 1770 g/mol. The Balaban J connectivity index is 0.0000276. The summed E-state index contributed by atoms with van der Waals surface area (Å²) < 4.78 is 0. The zero-order valence-electron chi connectivity index (χ0n) is 62.7. The van der Waals surface area contributed by atoms with Crippen molar-refractivity contribution in [2.45, 2.75) is 195 Å². The first kappa shape index (κ1) is 98.2. The third-order valence-corrected chi connectivity index (χ3v) is 20.2. The molecular weight excluding hydrogens is 1660 g/mol. The summed E-state index contributed by atoms with van der Waals surface area (Å²) in [7, 11) is 0. The van der Waals surface area contributed by atoms with E-state index >= 15 is 0 Å². The number of amides is 4. The molecule has 105 heavy (non-hydrogen) atoms. The molecule has 0 spiro atoms. The van der Waals surface area contributed by atoms with E-state index in [1.807, 2.05) is 51.7 Å². The van der Waals surface area contributed by atoms with Gasteiger partial charge in [0.25, 0.3) is 0 Å². The average Bonchev–Trinajstić information content (AvgIpc) is 0.855. The molecule has 9 unspecified atom stereocenters. The fraction of sp³-hybridized carbons (Fsp3) is 0.729. The van der Waals surface area contributed by atoms with Crippen LogP contribution in [-0.4, -0.2) is 303 Å². The van der Waals surface area contributed by atoms with Crippen LogP contribution >= 0.6 is 0 Å². The Kier molecular flexibility index (Phi) is 47.5. The van der Waals surface area contributed by atoms with Crippen molar-refractivity contribution in [3.05, 3.63) is 47.7 Å². The normalized spacial score (nSPS) is 19.4. The standard InChI is InChI=1S/C70H119N13O20.2Gd/c1-13-45(4)46(5)62(87)75-57(40-44(2)3)63(88)72-41-54-14-16-55(17-15-54)42-73-103-43-56(74-61(86)21-19-59(70(101)102)83-38-32-78(49(8)65(91)92)26-24-76(47(6)53(12)84)25-27-79(33-39-83)50(9)66(93)94)22-23-71-60(85)20-18-58(69(99)100)82-36-34-80(51(10)67(95)96)30-28-77(48(7)64(89)90)29-31-81(35-37-82)52(11)68(97)98;;/h14-17,44-52,56-59,73,84H,12-13,18-43H2,1-11H3,(H,71,85)(H,72,88)(H,74,86)(H,75,87)(H,89,90)(H,91,92)(H,93,94)(H,95,96)(H,97,98)(H,99,100)(H,101,102);;/p-4/t45?,46-,47?,48?,49?,50?,51?,52?,56+,57-,58?,59?;;/m0../s1. The fourth-order valence-corrected chi connectivity index (χ4v) is 12.3. The Morgan fingerprint density at radius 2 is 0.810 bits per heavy atom. The Bertz CT molecular complexity index is 2860. The predicted molar refractivity (Wildman–Crippen MR) is 371 cm³/mol. The number of aliphatic hydroxyl groups excluding tert-OH is 1. The van der Waals surface area contributed by atoms with E-state index < -0.39 is 120 Å². The molecule has 0 aromatic heterocycles. The molecule has 4 amide bonds. The molecule has 2 saturated heterocycles. The number of hydroxylamine groups is 1. The second-order valence-corrected chi connectivity index (χ2v) is 27.7. The monoisotopic (exact) mass is 1770 g/mol. The number of rotatable bonds is 40. The molecule has 35 heteroatoms. The van der Waals surface area contributed by atoms with Crippen LogP contribution in [0.3, 0.4) is 0 Å². The van der Waals surface area contributed by atoms with Gasteiger partial charge in [-0.25, -0.2) is 0 Å². The minimum atomic E-state index is -1.56. The largest absolute Gasteiger partial charge is 0.548 e. The van der Waals surface area contributed by atoms with E-state index in [1.165, 1.54) is 49.3 Å². The number of hydrogen-bond acceptors (Lipinski definition) is 26. The first-order valence-electron chi connectivity index (χ1n) is 35.9. The van der Waals surface area contributed by atoms with Gasteiger partial charge in [-0.05, 0) is 90.2 Å². The number of carbonyl (C=O) groups excluding carboxylic acids is 8. The van der Waals surface area contributed by atoms with Crippen LogP contribution in [0.1, 0.15) is 132 Å². The van der Waals surface area contributed by atoms with Crippen LogP contribution in [-0.2, 0) is 70.7 Å². The van der Waals surface area contributed by atoms with E-state index in [0.717, 1.165) is 17.5 Å². The number of benzene rings is 1. The Hall–Kier alpha value is -4.82. The van der Waals surface area contributed by atoms with Gasteiger partial charge >= 0.3 is 17.9 Å². The van der Waals surface area contributed by atoms with E-state index in [0.29, 0.717) is 6.42 Å². The molecule has 33 nitrogen and oxygen atoms in total. The summed E-state index contributed by atoms with van der Waals surface area (Å²) in [6.07, 6.45) is -0.173. The van der Waals surface area contributed by atoms with E-state index in [-0.39, 0.29) is 272 Å². The van der Waals surface area contributed by atoms with E-state index in [9.17, 15) is 93.6 Å². The number of hydrogen-bond donors (Lipinski definition) is 9. The number of carboxylic acid groups (broad SMARTS) is 7. The third kappa shape index (κ3) is 35.2. The van der Waals surface area contributed by atoms with Gasteiger partial charge in [-0.15, -0.1) is 0 Å². The molecule has 12 atom stereocenters. The number of aliphatic hydroxyl groups is 1. The molecule has 3 rings (SSSR count). The van der Waals surface area contributed by atoms with Crippen LogP contribution < -0.4 is 47.2 Å². The second kappa shape index (κ2) is 50.8. The summed E-state index contributed by atoms with van der Waals surface area (Å²) in [5.41, 5.74) is 4.39. The molecule has 2 fully saturated rings. The minimum absolute atomic E-state index is 0. The number of nitrogens with one attached hydrogen (secondary N) is 5. The van der Waals surface area contributed by atoms with Crippen LogP contribution in [0, 0.1) is 97.6 Å². The first-order valence-corrected chi connectivity index (χ1v) is 35.9. The molecule has 9 N–H and O–H groups in total. The number of carboxylic acids is 7. The van der Waals surface area contributed by atoms with Gasteiger partial charge in [-0.2, -0.15) is 5.48 Å². The van der Waals surface area contributed by atoms with Gasteiger partial charge < -0.3 is 81.3 Å². The van der Waals surface area contributed by atoms with Crippen LogP contribution in [0.5, 0.6) is 0 Å². The molecule has 2 aliphatic heterocycles. The molecule has 0 bridgehead atoms. The van der Waals surface area contributed by atoms with Gasteiger partial charge in [0, 0.05) is 247 Å². The van der Waals surface area contributed by atoms with Crippen molar-refractivity contribution in [1.29, 1.82) is 0 Å². The van der Waals surface area contributed by atoms with Crippen LogP contribution in [0.2, 0.25) is 0 Å². The Morgan fingerprint density at radius 1 is 0.457 bits per heavy atom. The molecule has 2 aliphatic rings. The third-order valence-electron chi connectivity index (χ3n) is 20.2. The first-order chi connectivity index (χ1) is 48.5. The second-order valence-electron chi connectivity index (χ2n) is 27.7. The van der Waals surface area contributed by atoms with Crippen LogP contribution in [0.15, 0.2) is 36.6 Å². The van der Waals surface area contributed by atoms with Crippen molar-refractivity contribution in [1.82, 2.24) is 65.9 Å². The summed E-state index contributed by atoms with van der Waals surface area (Å²) in [4.78, 5) is 160. The SMILES string of the molecule is C=C(O)C(C)N1CCN(C(C)C(=O)[O-])CCN(C(CCC(=O)N[C@H](CCNC(=O)CCC(C(=O)[O-])N2CCN(C(C)C(=O)[O-])CCN(C(C)C(=O)O)CCN(C(C)C(=O)O)CC2)CONCc2ccc(CNC(=O)[C@H](CC(C)C)NC(=O)[C@@H](C)C(C)CC)cc2)C(=O)[O-])CCN(C(C)C(=O)O)CC1.[Gd].[Gd].